The lowest BCUT2D eigenvalue weighted by Gasteiger charge is -2.17. The van der Waals surface area contributed by atoms with E-state index in [2.05, 4.69) is 10.00 Å². The van der Waals surface area contributed by atoms with Gasteiger partial charge in [0.05, 0.1) is 6.54 Å². The van der Waals surface area contributed by atoms with Crippen LogP contribution in [0.15, 0.2) is 47.3 Å². The summed E-state index contributed by atoms with van der Waals surface area (Å²) in [6.07, 6.45) is 0.956. The standard InChI is InChI=1S/C16H20N4O2/c17-13-8-9-19(12-13)15-6-7-16(21)20(18-15)10-11-22-14-4-2-1-3-5-14/h1-7,13H,8-12,17H2. The zero-order valence-electron chi connectivity index (χ0n) is 12.4. The summed E-state index contributed by atoms with van der Waals surface area (Å²) in [5.41, 5.74) is 5.80. The average Bonchev–Trinajstić information content (AvgIpc) is 2.97. The van der Waals surface area contributed by atoms with Crippen LogP contribution in [0, 0.1) is 0 Å². The van der Waals surface area contributed by atoms with Gasteiger partial charge < -0.3 is 15.4 Å². The van der Waals surface area contributed by atoms with Gasteiger partial charge in [0.15, 0.2) is 0 Å². The van der Waals surface area contributed by atoms with Gasteiger partial charge in [-0.25, -0.2) is 4.68 Å². The number of benzene rings is 1. The van der Waals surface area contributed by atoms with Gasteiger partial charge in [-0.3, -0.25) is 4.79 Å². The number of para-hydroxylation sites is 1. The summed E-state index contributed by atoms with van der Waals surface area (Å²) in [4.78, 5) is 14.0. The number of hydrogen-bond acceptors (Lipinski definition) is 5. The molecule has 0 bridgehead atoms. The van der Waals surface area contributed by atoms with Gasteiger partial charge in [-0.2, -0.15) is 5.10 Å². The first-order chi connectivity index (χ1) is 10.7. The highest BCUT2D eigenvalue weighted by Crippen LogP contribution is 2.15. The molecular formula is C16H20N4O2. The van der Waals surface area contributed by atoms with Gasteiger partial charge in [0, 0.05) is 25.2 Å². The minimum atomic E-state index is -0.121. The van der Waals surface area contributed by atoms with Crippen LogP contribution in [0.2, 0.25) is 0 Å². The second-order valence-corrected chi connectivity index (χ2v) is 5.41. The summed E-state index contributed by atoms with van der Waals surface area (Å²) in [6.45, 7) is 2.49. The monoisotopic (exact) mass is 300 g/mol. The van der Waals surface area contributed by atoms with Crippen molar-refractivity contribution in [3.8, 4) is 5.75 Å². The third kappa shape index (κ3) is 3.46. The van der Waals surface area contributed by atoms with Gasteiger partial charge in [-0.15, -0.1) is 0 Å². The molecule has 116 valence electrons. The van der Waals surface area contributed by atoms with E-state index in [0.717, 1.165) is 31.1 Å². The molecule has 1 saturated heterocycles. The number of hydrogen-bond donors (Lipinski definition) is 1. The van der Waals surface area contributed by atoms with Crippen LogP contribution in [0.1, 0.15) is 6.42 Å². The molecule has 22 heavy (non-hydrogen) atoms. The largest absolute Gasteiger partial charge is 0.492 e. The Morgan fingerprint density at radius 2 is 2.05 bits per heavy atom. The van der Waals surface area contributed by atoms with Crippen LogP contribution in [-0.2, 0) is 6.54 Å². The predicted octanol–water partition coefficient (Wildman–Crippen LogP) is 0.860. The third-order valence-corrected chi connectivity index (χ3v) is 3.72. The van der Waals surface area contributed by atoms with Crippen LogP contribution in [-0.4, -0.2) is 35.5 Å². The van der Waals surface area contributed by atoms with Crippen molar-refractivity contribution >= 4 is 5.82 Å². The number of nitrogens with two attached hydrogens (primary N) is 1. The molecule has 6 nitrogen and oxygen atoms in total. The molecule has 6 heteroatoms. The highest BCUT2D eigenvalue weighted by Gasteiger charge is 2.20. The van der Waals surface area contributed by atoms with E-state index >= 15 is 0 Å². The molecule has 1 atom stereocenters. The summed E-state index contributed by atoms with van der Waals surface area (Å²) in [5, 5.41) is 4.41. The molecule has 0 aliphatic carbocycles. The molecular weight excluding hydrogens is 280 g/mol. The van der Waals surface area contributed by atoms with E-state index in [1.165, 1.54) is 4.68 Å². The van der Waals surface area contributed by atoms with Crippen LogP contribution < -0.4 is 20.9 Å². The van der Waals surface area contributed by atoms with Gasteiger partial charge in [0.1, 0.15) is 18.2 Å². The van der Waals surface area contributed by atoms with E-state index in [0.29, 0.717) is 13.2 Å². The first kappa shape index (κ1) is 14.6. The molecule has 2 heterocycles. The van der Waals surface area contributed by atoms with E-state index in [-0.39, 0.29) is 11.6 Å². The lowest BCUT2D eigenvalue weighted by atomic mass is 10.3. The number of anilines is 1. The Morgan fingerprint density at radius 1 is 1.23 bits per heavy atom. The fraction of sp³-hybridized carbons (Fsp3) is 0.375. The highest BCUT2D eigenvalue weighted by atomic mass is 16.5. The maximum Gasteiger partial charge on any atom is 0.266 e. The van der Waals surface area contributed by atoms with Crippen molar-refractivity contribution in [3.05, 3.63) is 52.8 Å². The predicted molar refractivity (Wildman–Crippen MR) is 85.2 cm³/mol. The number of nitrogens with zero attached hydrogens (tertiary/aromatic N) is 3. The molecule has 1 aliphatic heterocycles. The molecule has 0 spiro atoms. The Bertz CT molecular complexity index is 671. The molecule has 2 N–H and O–H groups in total. The maximum atomic E-state index is 11.9. The van der Waals surface area contributed by atoms with Crippen molar-refractivity contribution in [2.24, 2.45) is 5.73 Å². The van der Waals surface area contributed by atoms with Crippen molar-refractivity contribution in [3.63, 3.8) is 0 Å². The zero-order valence-corrected chi connectivity index (χ0v) is 12.4. The van der Waals surface area contributed by atoms with Crippen molar-refractivity contribution < 1.29 is 4.74 Å². The molecule has 1 fully saturated rings. The Hall–Kier alpha value is -2.34. The first-order valence-electron chi connectivity index (χ1n) is 7.49. The van der Waals surface area contributed by atoms with Crippen molar-refractivity contribution in [1.82, 2.24) is 9.78 Å². The van der Waals surface area contributed by atoms with Gasteiger partial charge in [-0.05, 0) is 24.6 Å². The van der Waals surface area contributed by atoms with Gasteiger partial charge >= 0.3 is 0 Å². The van der Waals surface area contributed by atoms with E-state index < -0.39 is 0 Å². The van der Waals surface area contributed by atoms with Crippen molar-refractivity contribution in [2.45, 2.75) is 19.0 Å². The van der Waals surface area contributed by atoms with E-state index in [4.69, 9.17) is 10.5 Å². The SMILES string of the molecule is NC1CCN(c2ccc(=O)n(CCOc3ccccc3)n2)C1. The molecule has 1 aromatic carbocycles. The van der Waals surface area contributed by atoms with Crippen LogP contribution in [0.4, 0.5) is 5.82 Å². The molecule has 0 radical (unpaired) electrons. The molecule has 1 aliphatic rings. The average molecular weight is 300 g/mol. The normalized spacial score (nSPS) is 17.7. The number of rotatable bonds is 5. The summed E-state index contributed by atoms with van der Waals surface area (Å²) < 4.78 is 7.06. The Morgan fingerprint density at radius 3 is 2.77 bits per heavy atom. The van der Waals surface area contributed by atoms with Crippen LogP contribution in [0.3, 0.4) is 0 Å². The van der Waals surface area contributed by atoms with E-state index in [1.54, 1.807) is 12.1 Å². The summed E-state index contributed by atoms with van der Waals surface area (Å²) >= 11 is 0. The van der Waals surface area contributed by atoms with Gasteiger partial charge in [-0.1, -0.05) is 18.2 Å². The molecule has 1 aromatic heterocycles. The highest BCUT2D eigenvalue weighted by molar-refractivity contribution is 5.38. The van der Waals surface area contributed by atoms with Crippen LogP contribution >= 0.6 is 0 Å². The molecule has 1 unspecified atom stereocenters. The van der Waals surface area contributed by atoms with Crippen molar-refractivity contribution in [2.75, 3.05) is 24.6 Å². The fourth-order valence-corrected chi connectivity index (χ4v) is 2.53. The minimum absolute atomic E-state index is 0.121. The topological polar surface area (TPSA) is 73.4 Å². The van der Waals surface area contributed by atoms with E-state index in [1.807, 2.05) is 30.3 Å². The summed E-state index contributed by atoms with van der Waals surface area (Å²) in [7, 11) is 0. The third-order valence-electron chi connectivity index (χ3n) is 3.72. The van der Waals surface area contributed by atoms with Crippen LogP contribution in [0.5, 0.6) is 5.75 Å². The lowest BCUT2D eigenvalue weighted by molar-refractivity contribution is 0.288. The van der Waals surface area contributed by atoms with Crippen molar-refractivity contribution in [1.29, 1.82) is 0 Å². The van der Waals surface area contributed by atoms with Gasteiger partial charge in [0.25, 0.3) is 5.56 Å². The number of aromatic nitrogens is 2. The Labute approximate surface area is 129 Å². The lowest BCUT2D eigenvalue weighted by Crippen LogP contribution is -2.31. The van der Waals surface area contributed by atoms with Crippen LogP contribution in [0.25, 0.3) is 0 Å². The zero-order chi connectivity index (χ0) is 15.4. The maximum absolute atomic E-state index is 11.9. The Kier molecular flexibility index (Phi) is 4.39. The summed E-state index contributed by atoms with van der Waals surface area (Å²) in [5.74, 6) is 1.59. The fourth-order valence-electron chi connectivity index (χ4n) is 2.53. The number of ether oxygens (including phenoxy) is 1. The van der Waals surface area contributed by atoms with E-state index in [9.17, 15) is 4.79 Å². The second kappa shape index (κ2) is 6.62. The first-order valence-corrected chi connectivity index (χ1v) is 7.49. The smallest absolute Gasteiger partial charge is 0.266 e. The minimum Gasteiger partial charge on any atom is -0.492 e. The molecule has 3 rings (SSSR count). The molecule has 0 amide bonds. The second-order valence-electron chi connectivity index (χ2n) is 5.41. The Balaban J connectivity index is 1.64. The summed E-state index contributed by atoms with van der Waals surface area (Å²) in [6, 6.07) is 13.0. The quantitative estimate of drug-likeness (QED) is 0.886. The van der Waals surface area contributed by atoms with Gasteiger partial charge in [0.2, 0.25) is 0 Å². The molecule has 0 saturated carbocycles. The molecule has 2 aromatic rings.